The highest BCUT2D eigenvalue weighted by molar-refractivity contribution is 6.09. The van der Waals surface area contributed by atoms with Crippen LogP contribution in [-0.2, 0) is 4.79 Å². The quantitative estimate of drug-likeness (QED) is 0.439. The first kappa shape index (κ1) is 24.0. The van der Waals surface area contributed by atoms with Crippen LogP contribution in [0.1, 0.15) is 45.2 Å². The molecule has 8 heteroatoms. The van der Waals surface area contributed by atoms with Crippen LogP contribution >= 0.6 is 0 Å². The Labute approximate surface area is 204 Å². The third-order valence-corrected chi connectivity index (χ3v) is 6.07. The molecule has 0 saturated carbocycles. The molecule has 3 amide bonds. The van der Waals surface area contributed by atoms with Crippen molar-refractivity contribution in [2.45, 2.75) is 18.9 Å². The molecule has 8 nitrogen and oxygen atoms in total. The van der Waals surface area contributed by atoms with Gasteiger partial charge in [0.2, 0.25) is 5.91 Å². The first-order valence-electron chi connectivity index (χ1n) is 11.6. The number of amides is 3. The zero-order chi connectivity index (χ0) is 24.8. The molecule has 1 unspecified atom stereocenters. The number of benzene rings is 3. The smallest absolute Gasteiger partial charge is 0.258 e. The summed E-state index contributed by atoms with van der Waals surface area (Å²) in [5.41, 5.74) is 9.53. The van der Waals surface area contributed by atoms with Crippen LogP contribution in [-0.4, -0.2) is 37.9 Å². The fraction of sp³-hybridized carbons (Fsp3) is 0.222. The van der Waals surface area contributed by atoms with Gasteiger partial charge in [0.1, 0.15) is 0 Å². The minimum Gasteiger partial charge on any atom is -0.387 e. The summed E-state index contributed by atoms with van der Waals surface area (Å²) >= 11 is 0. The molecule has 0 saturated heterocycles. The molecule has 0 aromatic heterocycles. The number of carbonyl (C=O) groups is 3. The van der Waals surface area contributed by atoms with Gasteiger partial charge in [-0.1, -0.05) is 30.3 Å². The minimum absolute atomic E-state index is 0.0786. The van der Waals surface area contributed by atoms with Crippen molar-refractivity contribution in [3.63, 3.8) is 0 Å². The second-order valence-corrected chi connectivity index (χ2v) is 8.31. The maximum Gasteiger partial charge on any atom is 0.258 e. The van der Waals surface area contributed by atoms with Crippen molar-refractivity contribution in [3.8, 4) is 0 Å². The van der Waals surface area contributed by atoms with Gasteiger partial charge in [-0.3, -0.25) is 14.4 Å². The van der Waals surface area contributed by atoms with Gasteiger partial charge >= 0.3 is 0 Å². The Kier molecular flexibility index (Phi) is 7.42. The first-order valence-corrected chi connectivity index (χ1v) is 11.6. The molecule has 0 fully saturated rings. The van der Waals surface area contributed by atoms with Crippen LogP contribution in [0.3, 0.4) is 0 Å². The monoisotopic (exact) mass is 471 g/mol. The summed E-state index contributed by atoms with van der Waals surface area (Å²) in [5, 5.41) is 8.86. The van der Waals surface area contributed by atoms with Gasteiger partial charge in [-0.15, -0.1) is 0 Å². The van der Waals surface area contributed by atoms with Crippen molar-refractivity contribution in [1.29, 1.82) is 0 Å². The zero-order valence-corrected chi connectivity index (χ0v) is 19.6. The summed E-state index contributed by atoms with van der Waals surface area (Å²) in [7, 11) is 1.77. The number of anilines is 3. The van der Waals surface area contributed by atoms with E-state index in [2.05, 4.69) is 16.0 Å². The van der Waals surface area contributed by atoms with Crippen molar-refractivity contribution in [1.82, 2.24) is 5.32 Å². The number of carbonyl (C=O) groups excluding carboxylic acids is 3. The van der Waals surface area contributed by atoms with Gasteiger partial charge in [0, 0.05) is 36.2 Å². The second-order valence-electron chi connectivity index (χ2n) is 8.31. The molecular weight excluding hydrogens is 442 g/mol. The lowest BCUT2D eigenvalue weighted by Gasteiger charge is -2.24. The van der Waals surface area contributed by atoms with E-state index < -0.39 is 0 Å². The van der Waals surface area contributed by atoms with Crippen LogP contribution in [0, 0.1) is 0 Å². The van der Waals surface area contributed by atoms with E-state index in [4.69, 9.17) is 5.73 Å². The van der Waals surface area contributed by atoms with Gasteiger partial charge in [0.05, 0.1) is 18.2 Å². The molecule has 3 aromatic carbocycles. The SMILES string of the molecule is CNc1ccccc1C(=O)Nc1ccc(C(=O)N2CCCC(NC(=O)CN)c3ccccc32)cc1. The molecule has 1 atom stereocenters. The minimum atomic E-state index is -0.235. The van der Waals surface area contributed by atoms with E-state index in [1.165, 1.54) is 0 Å². The predicted molar refractivity (Wildman–Crippen MR) is 138 cm³/mol. The summed E-state index contributed by atoms with van der Waals surface area (Å²) in [5.74, 6) is -0.595. The summed E-state index contributed by atoms with van der Waals surface area (Å²) in [6, 6.07) is 21.5. The number of hydrogen-bond acceptors (Lipinski definition) is 5. The zero-order valence-electron chi connectivity index (χ0n) is 19.6. The van der Waals surface area contributed by atoms with Gasteiger partial charge in [-0.2, -0.15) is 0 Å². The van der Waals surface area contributed by atoms with Crippen LogP contribution in [0.2, 0.25) is 0 Å². The molecule has 0 bridgehead atoms. The van der Waals surface area contributed by atoms with Crippen molar-refractivity contribution in [2.24, 2.45) is 5.73 Å². The Hall–Kier alpha value is -4.17. The molecule has 5 N–H and O–H groups in total. The molecule has 1 aliphatic heterocycles. The second kappa shape index (κ2) is 10.8. The number of nitrogens with one attached hydrogen (secondary N) is 3. The standard InChI is InChI=1S/C27H29N5O3/c1-29-22-9-4-2-8-21(22)26(34)30-19-14-12-18(13-15-19)27(35)32-16-6-10-23(31-25(33)17-28)20-7-3-5-11-24(20)32/h2-5,7-9,11-15,23,29H,6,10,16-17,28H2,1H3,(H,30,34)(H,31,33). The third-order valence-electron chi connectivity index (χ3n) is 6.07. The lowest BCUT2D eigenvalue weighted by molar-refractivity contribution is -0.120. The molecule has 180 valence electrons. The fourth-order valence-corrected chi connectivity index (χ4v) is 4.32. The highest BCUT2D eigenvalue weighted by Crippen LogP contribution is 2.33. The van der Waals surface area contributed by atoms with Crippen molar-refractivity contribution in [3.05, 3.63) is 89.5 Å². The summed E-state index contributed by atoms with van der Waals surface area (Å²) in [6.07, 6.45) is 1.44. The number of hydrogen-bond donors (Lipinski definition) is 4. The van der Waals surface area contributed by atoms with E-state index >= 15 is 0 Å². The number of rotatable bonds is 6. The van der Waals surface area contributed by atoms with Gasteiger partial charge < -0.3 is 26.6 Å². The van der Waals surface area contributed by atoms with Crippen LogP contribution in [0.5, 0.6) is 0 Å². The predicted octanol–water partition coefficient (Wildman–Crippen LogP) is 3.54. The van der Waals surface area contributed by atoms with E-state index in [0.29, 0.717) is 29.8 Å². The van der Waals surface area contributed by atoms with E-state index in [1.54, 1.807) is 42.3 Å². The normalized spacial score (nSPS) is 14.9. The Morgan fingerprint density at radius 2 is 1.69 bits per heavy atom. The highest BCUT2D eigenvalue weighted by Gasteiger charge is 2.27. The van der Waals surface area contributed by atoms with E-state index in [0.717, 1.165) is 23.4 Å². The number of fused-ring (bicyclic) bond motifs is 1. The molecule has 35 heavy (non-hydrogen) atoms. The van der Waals surface area contributed by atoms with Crippen LogP contribution in [0.25, 0.3) is 0 Å². The molecule has 0 radical (unpaired) electrons. The van der Waals surface area contributed by atoms with Crippen molar-refractivity contribution in [2.75, 3.05) is 35.7 Å². The maximum atomic E-state index is 13.5. The number of nitrogens with zero attached hydrogens (tertiary/aromatic N) is 1. The Morgan fingerprint density at radius 1 is 0.971 bits per heavy atom. The van der Waals surface area contributed by atoms with Crippen LogP contribution in [0.4, 0.5) is 17.1 Å². The van der Waals surface area contributed by atoms with E-state index in [1.807, 2.05) is 42.5 Å². The summed E-state index contributed by atoms with van der Waals surface area (Å²) in [6.45, 7) is 0.453. The topological polar surface area (TPSA) is 117 Å². The molecule has 0 aliphatic carbocycles. The van der Waals surface area contributed by atoms with Crippen LogP contribution < -0.4 is 26.6 Å². The van der Waals surface area contributed by atoms with E-state index in [-0.39, 0.29) is 30.3 Å². The third kappa shape index (κ3) is 5.33. The number of nitrogens with two attached hydrogens (primary N) is 1. The highest BCUT2D eigenvalue weighted by atomic mass is 16.2. The Bertz CT molecular complexity index is 1230. The fourth-order valence-electron chi connectivity index (χ4n) is 4.32. The average molecular weight is 472 g/mol. The molecule has 0 spiro atoms. The summed E-state index contributed by atoms with van der Waals surface area (Å²) in [4.78, 5) is 39.8. The van der Waals surface area contributed by atoms with Gasteiger partial charge in [0.15, 0.2) is 0 Å². The van der Waals surface area contributed by atoms with Gasteiger partial charge in [0.25, 0.3) is 11.8 Å². The first-order chi connectivity index (χ1) is 17.0. The lowest BCUT2D eigenvalue weighted by Crippen LogP contribution is -2.34. The Morgan fingerprint density at radius 3 is 2.43 bits per heavy atom. The van der Waals surface area contributed by atoms with Crippen LogP contribution in [0.15, 0.2) is 72.8 Å². The molecule has 1 heterocycles. The van der Waals surface area contributed by atoms with Gasteiger partial charge in [-0.25, -0.2) is 0 Å². The van der Waals surface area contributed by atoms with Gasteiger partial charge in [-0.05, 0) is 60.9 Å². The molecule has 1 aliphatic rings. The Balaban J connectivity index is 1.52. The molecule has 4 rings (SSSR count). The lowest BCUT2D eigenvalue weighted by atomic mass is 10.0. The molecule has 3 aromatic rings. The largest absolute Gasteiger partial charge is 0.387 e. The summed E-state index contributed by atoms with van der Waals surface area (Å²) < 4.78 is 0. The maximum absolute atomic E-state index is 13.5. The van der Waals surface area contributed by atoms with Crippen molar-refractivity contribution < 1.29 is 14.4 Å². The van der Waals surface area contributed by atoms with E-state index in [9.17, 15) is 14.4 Å². The molecular formula is C27H29N5O3. The average Bonchev–Trinajstić information content (AvgIpc) is 3.08. The number of para-hydroxylation sites is 2. The van der Waals surface area contributed by atoms with Crippen molar-refractivity contribution >= 4 is 34.8 Å².